The van der Waals surface area contributed by atoms with Gasteiger partial charge in [-0.25, -0.2) is 9.97 Å². The van der Waals surface area contributed by atoms with Gasteiger partial charge in [0.15, 0.2) is 5.16 Å². The standard InChI is InChI=1S/C17H22N4OS/c1-23-17-18-7-6-15(20-17)14-10-19-21(13-3-2-8-22-11-13)16(14)9-12-4-5-12/h6-7,10,12-13H,2-5,8-9,11H2,1H3. The summed E-state index contributed by atoms with van der Waals surface area (Å²) >= 11 is 1.58. The summed E-state index contributed by atoms with van der Waals surface area (Å²) < 4.78 is 7.89. The second-order valence-corrected chi connectivity index (χ2v) is 7.17. The highest BCUT2D eigenvalue weighted by atomic mass is 32.2. The first kappa shape index (κ1) is 15.1. The molecular formula is C17H22N4OS. The highest BCUT2D eigenvalue weighted by Crippen LogP contribution is 2.37. The Morgan fingerprint density at radius 2 is 2.26 bits per heavy atom. The van der Waals surface area contributed by atoms with Crippen LogP contribution in [0.25, 0.3) is 11.3 Å². The van der Waals surface area contributed by atoms with E-state index in [1.165, 1.54) is 24.1 Å². The van der Waals surface area contributed by atoms with Gasteiger partial charge in [-0.2, -0.15) is 5.10 Å². The smallest absolute Gasteiger partial charge is 0.187 e. The van der Waals surface area contributed by atoms with Crippen molar-refractivity contribution in [2.45, 2.75) is 43.3 Å². The molecule has 0 spiro atoms. The lowest BCUT2D eigenvalue weighted by molar-refractivity contribution is 0.0538. The molecule has 23 heavy (non-hydrogen) atoms. The Labute approximate surface area is 140 Å². The molecule has 1 saturated heterocycles. The van der Waals surface area contributed by atoms with E-state index in [1.807, 2.05) is 24.7 Å². The summed E-state index contributed by atoms with van der Waals surface area (Å²) in [6, 6.07) is 2.36. The molecule has 122 valence electrons. The van der Waals surface area contributed by atoms with Crippen molar-refractivity contribution in [2.75, 3.05) is 19.5 Å². The predicted molar refractivity (Wildman–Crippen MR) is 90.6 cm³/mol. The van der Waals surface area contributed by atoms with E-state index < -0.39 is 0 Å². The minimum Gasteiger partial charge on any atom is -0.379 e. The van der Waals surface area contributed by atoms with Gasteiger partial charge in [0.25, 0.3) is 0 Å². The zero-order chi connectivity index (χ0) is 15.6. The van der Waals surface area contributed by atoms with Crippen LogP contribution in [0, 0.1) is 5.92 Å². The number of nitrogens with zero attached hydrogens (tertiary/aromatic N) is 4. The van der Waals surface area contributed by atoms with E-state index >= 15 is 0 Å². The van der Waals surface area contributed by atoms with Gasteiger partial charge in [-0.05, 0) is 50.3 Å². The SMILES string of the molecule is CSc1nccc(-c2cnn(C3CCCOC3)c2CC2CC2)n1. The van der Waals surface area contributed by atoms with Gasteiger partial charge >= 0.3 is 0 Å². The van der Waals surface area contributed by atoms with E-state index in [0.717, 1.165) is 49.2 Å². The first-order valence-electron chi connectivity index (χ1n) is 8.36. The first-order valence-corrected chi connectivity index (χ1v) is 9.59. The van der Waals surface area contributed by atoms with Crippen LogP contribution in [0.5, 0.6) is 0 Å². The number of ether oxygens (including phenoxy) is 1. The van der Waals surface area contributed by atoms with Gasteiger partial charge in [0.2, 0.25) is 0 Å². The van der Waals surface area contributed by atoms with E-state index in [4.69, 9.17) is 9.84 Å². The molecule has 0 bridgehead atoms. The Morgan fingerprint density at radius 3 is 3.00 bits per heavy atom. The Hall–Kier alpha value is -1.40. The summed E-state index contributed by atoms with van der Waals surface area (Å²) in [6.07, 6.45) is 11.9. The van der Waals surface area contributed by atoms with E-state index in [2.05, 4.69) is 14.6 Å². The molecule has 1 unspecified atom stereocenters. The molecule has 2 aromatic rings. The molecule has 1 aliphatic carbocycles. The summed E-state index contributed by atoms with van der Waals surface area (Å²) in [5, 5.41) is 5.54. The van der Waals surface area contributed by atoms with Crippen LogP contribution in [0.1, 0.15) is 37.4 Å². The third-order valence-electron chi connectivity index (χ3n) is 4.65. The van der Waals surface area contributed by atoms with Crippen LogP contribution in [0.15, 0.2) is 23.6 Å². The summed E-state index contributed by atoms with van der Waals surface area (Å²) in [7, 11) is 0. The minimum absolute atomic E-state index is 0.369. The van der Waals surface area contributed by atoms with Crippen molar-refractivity contribution in [2.24, 2.45) is 5.92 Å². The molecule has 2 fully saturated rings. The fourth-order valence-electron chi connectivity index (χ4n) is 3.22. The van der Waals surface area contributed by atoms with Gasteiger partial charge < -0.3 is 4.74 Å². The monoisotopic (exact) mass is 330 g/mol. The van der Waals surface area contributed by atoms with Gasteiger partial charge in [-0.1, -0.05) is 11.8 Å². The van der Waals surface area contributed by atoms with Gasteiger partial charge in [0, 0.05) is 24.1 Å². The van der Waals surface area contributed by atoms with E-state index in [1.54, 1.807) is 11.8 Å². The lowest BCUT2D eigenvalue weighted by atomic mass is 10.1. The average molecular weight is 330 g/mol. The van der Waals surface area contributed by atoms with Crippen molar-refractivity contribution in [1.82, 2.24) is 19.7 Å². The van der Waals surface area contributed by atoms with E-state index in [9.17, 15) is 0 Å². The van der Waals surface area contributed by atoms with Crippen LogP contribution >= 0.6 is 11.8 Å². The number of aromatic nitrogens is 4. The third-order valence-corrected chi connectivity index (χ3v) is 5.21. The molecule has 1 atom stereocenters. The summed E-state index contributed by atoms with van der Waals surface area (Å²) in [4.78, 5) is 8.96. The lowest BCUT2D eigenvalue weighted by Gasteiger charge is -2.24. The van der Waals surface area contributed by atoms with Crippen molar-refractivity contribution >= 4 is 11.8 Å². The van der Waals surface area contributed by atoms with Crippen LogP contribution in [-0.4, -0.2) is 39.2 Å². The van der Waals surface area contributed by atoms with Crippen LogP contribution in [0.3, 0.4) is 0 Å². The zero-order valence-corrected chi connectivity index (χ0v) is 14.3. The van der Waals surface area contributed by atoms with E-state index in [-0.39, 0.29) is 0 Å². The normalized spacial score (nSPS) is 21.5. The Kier molecular flexibility index (Phi) is 4.35. The largest absolute Gasteiger partial charge is 0.379 e. The molecular weight excluding hydrogens is 308 g/mol. The van der Waals surface area contributed by atoms with Gasteiger partial charge in [-0.3, -0.25) is 4.68 Å². The number of thioether (sulfide) groups is 1. The van der Waals surface area contributed by atoms with Crippen LogP contribution in [0.4, 0.5) is 0 Å². The fraction of sp³-hybridized carbons (Fsp3) is 0.588. The van der Waals surface area contributed by atoms with Crippen molar-refractivity contribution in [3.63, 3.8) is 0 Å². The number of rotatable bonds is 5. The van der Waals surface area contributed by atoms with Crippen molar-refractivity contribution in [1.29, 1.82) is 0 Å². The average Bonchev–Trinajstić information content (AvgIpc) is 3.33. The maximum Gasteiger partial charge on any atom is 0.187 e. The second kappa shape index (κ2) is 6.61. The summed E-state index contributed by atoms with van der Waals surface area (Å²) in [6.45, 7) is 1.66. The molecule has 2 aromatic heterocycles. The van der Waals surface area contributed by atoms with Crippen LogP contribution in [-0.2, 0) is 11.2 Å². The molecule has 6 heteroatoms. The number of hydrogen-bond donors (Lipinski definition) is 0. The van der Waals surface area contributed by atoms with Crippen molar-refractivity contribution in [3.8, 4) is 11.3 Å². The molecule has 4 rings (SSSR count). The Morgan fingerprint density at radius 1 is 1.35 bits per heavy atom. The van der Waals surface area contributed by atoms with Gasteiger partial charge in [0.05, 0.1) is 24.5 Å². The second-order valence-electron chi connectivity index (χ2n) is 6.40. The van der Waals surface area contributed by atoms with Crippen LogP contribution in [0.2, 0.25) is 0 Å². The fourth-order valence-corrected chi connectivity index (χ4v) is 3.58. The maximum absolute atomic E-state index is 5.67. The molecule has 1 saturated carbocycles. The molecule has 1 aliphatic heterocycles. The van der Waals surface area contributed by atoms with Crippen molar-refractivity contribution < 1.29 is 4.74 Å². The Bertz CT molecular complexity index is 677. The first-order chi connectivity index (χ1) is 11.3. The predicted octanol–water partition coefficient (Wildman–Crippen LogP) is 3.37. The number of hydrogen-bond acceptors (Lipinski definition) is 5. The Balaban J connectivity index is 1.71. The quantitative estimate of drug-likeness (QED) is 0.621. The highest BCUT2D eigenvalue weighted by Gasteiger charge is 2.28. The van der Waals surface area contributed by atoms with Gasteiger partial charge in [0.1, 0.15) is 0 Å². The molecule has 0 radical (unpaired) electrons. The molecule has 5 nitrogen and oxygen atoms in total. The van der Waals surface area contributed by atoms with Crippen molar-refractivity contribution in [3.05, 3.63) is 24.2 Å². The summed E-state index contributed by atoms with van der Waals surface area (Å²) in [5.74, 6) is 0.815. The molecule has 0 N–H and O–H groups in total. The maximum atomic E-state index is 5.67. The lowest BCUT2D eigenvalue weighted by Crippen LogP contribution is -2.24. The molecule has 0 aromatic carbocycles. The zero-order valence-electron chi connectivity index (χ0n) is 13.4. The topological polar surface area (TPSA) is 52.8 Å². The molecule has 3 heterocycles. The van der Waals surface area contributed by atoms with Crippen LogP contribution < -0.4 is 0 Å². The highest BCUT2D eigenvalue weighted by molar-refractivity contribution is 7.98. The molecule has 0 amide bonds. The van der Waals surface area contributed by atoms with E-state index in [0.29, 0.717) is 6.04 Å². The third kappa shape index (κ3) is 3.28. The summed E-state index contributed by atoms with van der Waals surface area (Å²) in [5.41, 5.74) is 3.48. The minimum atomic E-state index is 0.369. The molecule has 2 aliphatic rings. The van der Waals surface area contributed by atoms with Gasteiger partial charge in [-0.15, -0.1) is 0 Å².